The lowest BCUT2D eigenvalue weighted by molar-refractivity contribution is -0.123. The van der Waals surface area contributed by atoms with Crippen molar-refractivity contribution in [3.8, 4) is 5.75 Å². The van der Waals surface area contributed by atoms with E-state index < -0.39 is 11.4 Å². The minimum Gasteiger partial charge on any atom is -0.493 e. The molecule has 0 heterocycles. The number of hydrogen-bond acceptors (Lipinski definition) is 3. The lowest BCUT2D eigenvalue weighted by atomic mass is 9.99. The maximum absolute atomic E-state index is 11.1. The summed E-state index contributed by atoms with van der Waals surface area (Å²) >= 11 is 0. The van der Waals surface area contributed by atoms with Gasteiger partial charge in [0, 0.05) is 11.8 Å². The van der Waals surface area contributed by atoms with Crippen molar-refractivity contribution in [1.82, 2.24) is 0 Å². The van der Waals surface area contributed by atoms with Crippen LogP contribution in [0.15, 0.2) is 42.5 Å². The average molecular weight is 258 g/mol. The molecule has 2 aromatic rings. The van der Waals surface area contributed by atoms with E-state index in [4.69, 9.17) is 16.2 Å². The fraction of sp³-hybridized carbons (Fsp3) is 0.267. The van der Waals surface area contributed by atoms with Gasteiger partial charge in [-0.25, -0.2) is 0 Å². The van der Waals surface area contributed by atoms with Crippen LogP contribution in [-0.4, -0.2) is 18.1 Å². The van der Waals surface area contributed by atoms with Crippen molar-refractivity contribution >= 4 is 16.7 Å². The predicted octanol–water partition coefficient (Wildman–Crippen LogP) is 1.81. The second kappa shape index (κ2) is 5.28. The molecule has 2 rings (SSSR count). The minimum atomic E-state index is -1.04. The Labute approximate surface area is 112 Å². The molecule has 1 unspecified atom stereocenters. The molecule has 2 aromatic carbocycles. The molecule has 0 fully saturated rings. The van der Waals surface area contributed by atoms with Gasteiger partial charge in [-0.05, 0) is 18.4 Å². The molecule has 0 aromatic heterocycles. The maximum atomic E-state index is 11.1. The molecule has 0 bridgehead atoms. The van der Waals surface area contributed by atoms with Gasteiger partial charge < -0.3 is 16.2 Å². The molecule has 0 saturated carbocycles. The average Bonchev–Trinajstić information content (AvgIpc) is 2.38. The summed E-state index contributed by atoms with van der Waals surface area (Å²) in [7, 11) is 0. The first kappa shape index (κ1) is 13.4. The van der Waals surface area contributed by atoms with Crippen LogP contribution in [0, 0.1) is 0 Å². The van der Waals surface area contributed by atoms with Crippen molar-refractivity contribution < 1.29 is 9.53 Å². The van der Waals surface area contributed by atoms with E-state index in [9.17, 15) is 4.79 Å². The van der Waals surface area contributed by atoms with Crippen molar-refractivity contribution in [2.24, 2.45) is 11.5 Å². The van der Waals surface area contributed by atoms with Crippen molar-refractivity contribution in [3.05, 3.63) is 42.5 Å². The fourth-order valence-electron chi connectivity index (χ4n) is 1.82. The quantitative estimate of drug-likeness (QED) is 0.858. The number of ether oxygens (including phenoxy) is 1. The van der Waals surface area contributed by atoms with Crippen molar-refractivity contribution in [2.45, 2.75) is 18.9 Å². The molecule has 0 saturated heterocycles. The van der Waals surface area contributed by atoms with Crippen molar-refractivity contribution in [2.75, 3.05) is 6.61 Å². The van der Waals surface area contributed by atoms with E-state index in [1.54, 1.807) is 6.92 Å². The van der Waals surface area contributed by atoms with Gasteiger partial charge in [-0.15, -0.1) is 0 Å². The number of carbonyl (C=O) groups excluding carboxylic acids is 1. The van der Waals surface area contributed by atoms with Gasteiger partial charge in [-0.1, -0.05) is 36.4 Å². The molecule has 1 atom stereocenters. The van der Waals surface area contributed by atoms with Crippen molar-refractivity contribution in [3.63, 3.8) is 0 Å². The van der Waals surface area contributed by atoms with Gasteiger partial charge in [0.2, 0.25) is 5.91 Å². The van der Waals surface area contributed by atoms with Gasteiger partial charge in [0.25, 0.3) is 0 Å². The second-order valence-electron chi connectivity index (χ2n) is 4.86. The monoisotopic (exact) mass is 258 g/mol. The Morgan fingerprint density at radius 3 is 2.63 bits per heavy atom. The molecule has 0 aliphatic rings. The first-order valence-corrected chi connectivity index (χ1v) is 6.20. The molecule has 4 N–H and O–H groups in total. The highest BCUT2D eigenvalue weighted by molar-refractivity contribution is 5.88. The second-order valence-corrected chi connectivity index (χ2v) is 4.86. The lowest BCUT2D eigenvalue weighted by Gasteiger charge is -2.20. The number of amides is 1. The summed E-state index contributed by atoms with van der Waals surface area (Å²) in [5.41, 5.74) is 9.97. The maximum Gasteiger partial charge on any atom is 0.237 e. The third-order valence-electron chi connectivity index (χ3n) is 3.19. The van der Waals surface area contributed by atoms with E-state index in [0.717, 1.165) is 16.5 Å². The SMILES string of the molecule is CC(N)(CCOc1cccc2ccccc12)C(N)=O. The first-order valence-electron chi connectivity index (χ1n) is 6.20. The molecule has 1 amide bonds. The molecule has 0 spiro atoms. The number of hydrogen-bond donors (Lipinski definition) is 2. The van der Waals surface area contributed by atoms with Gasteiger partial charge in [-0.3, -0.25) is 4.79 Å². The number of rotatable bonds is 5. The molecule has 4 heteroatoms. The van der Waals surface area contributed by atoms with Gasteiger partial charge in [0.1, 0.15) is 5.75 Å². The van der Waals surface area contributed by atoms with Crippen molar-refractivity contribution in [1.29, 1.82) is 0 Å². The summed E-state index contributed by atoms with van der Waals surface area (Å²) in [6.45, 7) is 1.96. The first-order chi connectivity index (χ1) is 9.00. The van der Waals surface area contributed by atoms with Crippen LogP contribution in [0.2, 0.25) is 0 Å². The van der Waals surface area contributed by atoms with Crippen LogP contribution >= 0.6 is 0 Å². The number of nitrogens with two attached hydrogens (primary N) is 2. The Bertz CT molecular complexity index is 588. The highest BCUT2D eigenvalue weighted by Gasteiger charge is 2.25. The van der Waals surface area contributed by atoms with Gasteiger partial charge in [-0.2, -0.15) is 0 Å². The Hall–Kier alpha value is -2.07. The van der Waals surface area contributed by atoms with E-state index in [1.807, 2.05) is 42.5 Å². The summed E-state index contributed by atoms with van der Waals surface area (Å²) in [4.78, 5) is 11.1. The molecule has 0 radical (unpaired) electrons. The molecule has 0 aliphatic heterocycles. The van der Waals surface area contributed by atoms with Crippen LogP contribution in [0.3, 0.4) is 0 Å². The summed E-state index contributed by atoms with van der Waals surface area (Å²) in [5, 5.41) is 2.16. The Morgan fingerprint density at radius 2 is 1.89 bits per heavy atom. The van der Waals surface area contributed by atoms with Gasteiger partial charge in [0.05, 0.1) is 12.1 Å². The molecule has 19 heavy (non-hydrogen) atoms. The van der Waals surface area contributed by atoms with E-state index in [0.29, 0.717) is 13.0 Å². The number of benzene rings is 2. The van der Waals surface area contributed by atoms with E-state index in [1.165, 1.54) is 0 Å². The Morgan fingerprint density at radius 1 is 1.21 bits per heavy atom. The third-order valence-corrected chi connectivity index (χ3v) is 3.19. The minimum absolute atomic E-state index is 0.351. The largest absolute Gasteiger partial charge is 0.493 e. The molecule has 100 valence electrons. The third kappa shape index (κ3) is 3.03. The predicted molar refractivity (Wildman–Crippen MR) is 75.8 cm³/mol. The summed E-state index contributed by atoms with van der Waals surface area (Å²) in [6, 6.07) is 13.8. The topological polar surface area (TPSA) is 78.3 Å². The van der Waals surface area contributed by atoms with Crippen LogP contribution in [0.5, 0.6) is 5.75 Å². The number of primary amides is 1. The highest BCUT2D eigenvalue weighted by atomic mass is 16.5. The van der Waals surface area contributed by atoms with E-state index >= 15 is 0 Å². The van der Waals surface area contributed by atoms with Crippen LogP contribution in [-0.2, 0) is 4.79 Å². The molecule has 4 nitrogen and oxygen atoms in total. The number of fused-ring (bicyclic) bond motifs is 1. The van der Waals surface area contributed by atoms with Crippen LogP contribution in [0.25, 0.3) is 10.8 Å². The molecular weight excluding hydrogens is 240 g/mol. The zero-order valence-electron chi connectivity index (χ0n) is 10.9. The lowest BCUT2D eigenvalue weighted by Crippen LogP contribution is -2.50. The van der Waals surface area contributed by atoms with Crippen LogP contribution < -0.4 is 16.2 Å². The van der Waals surface area contributed by atoms with Crippen LogP contribution in [0.1, 0.15) is 13.3 Å². The zero-order valence-corrected chi connectivity index (χ0v) is 10.9. The Balaban J connectivity index is 2.09. The summed E-state index contributed by atoms with van der Waals surface area (Å²) in [5.74, 6) is 0.271. The number of carbonyl (C=O) groups is 1. The smallest absolute Gasteiger partial charge is 0.237 e. The van der Waals surface area contributed by atoms with Gasteiger partial charge >= 0.3 is 0 Å². The summed E-state index contributed by atoms with van der Waals surface area (Å²) < 4.78 is 5.72. The normalized spacial score (nSPS) is 14.0. The Kier molecular flexibility index (Phi) is 3.71. The summed E-state index contributed by atoms with van der Waals surface area (Å²) in [6.07, 6.45) is 0.381. The molecule has 0 aliphatic carbocycles. The molecular formula is C15H18N2O2. The zero-order chi connectivity index (χ0) is 13.9. The van der Waals surface area contributed by atoms with E-state index in [2.05, 4.69) is 0 Å². The van der Waals surface area contributed by atoms with Gasteiger partial charge in [0.15, 0.2) is 0 Å². The fourth-order valence-corrected chi connectivity index (χ4v) is 1.82. The highest BCUT2D eigenvalue weighted by Crippen LogP contribution is 2.25. The standard InChI is InChI=1S/C15H18N2O2/c1-15(17,14(16)18)9-10-19-13-8-4-6-11-5-2-3-7-12(11)13/h2-8H,9-10,17H2,1H3,(H2,16,18). The van der Waals surface area contributed by atoms with Crippen LogP contribution in [0.4, 0.5) is 0 Å². The van der Waals surface area contributed by atoms with E-state index in [-0.39, 0.29) is 0 Å².